The third-order valence-corrected chi connectivity index (χ3v) is 2.67. The van der Waals surface area contributed by atoms with Gasteiger partial charge in [0.2, 0.25) is 0 Å². The summed E-state index contributed by atoms with van der Waals surface area (Å²) in [7, 11) is 0. The van der Waals surface area contributed by atoms with Crippen LogP contribution in [0.4, 0.5) is 0 Å². The molecule has 0 aliphatic carbocycles. The lowest BCUT2D eigenvalue weighted by Gasteiger charge is -2.05. The Balaban J connectivity index is 2.41. The van der Waals surface area contributed by atoms with Gasteiger partial charge in [-0.1, -0.05) is 67.3 Å². The van der Waals surface area contributed by atoms with E-state index in [0.717, 1.165) is 16.7 Å². The quantitative estimate of drug-likeness (QED) is 0.727. The Morgan fingerprint density at radius 3 is 2.33 bits per heavy atom. The molecule has 0 heterocycles. The van der Waals surface area contributed by atoms with Crippen LogP contribution in [0.3, 0.4) is 0 Å². The summed E-state index contributed by atoms with van der Waals surface area (Å²) in [5, 5.41) is 0. The van der Waals surface area contributed by atoms with E-state index in [1.165, 1.54) is 12.2 Å². The summed E-state index contributed by atoms with van der Waals surface area (Å²) in [5.74, 6) is -0.0853. The number of ketones is 1. The summed E-state index contributed by atoms with van der Waals surface area (Å²) in [4.78, 5) is 11.2. The molecular weight excluding hydrogens is 220 g/mol. The number of hydrogen-bond acceptors (Lipinski definition) is 1. The van der Waals surface area contributed by atoms with Crippen molar-refractivity contribution in [2.24, 2.45) is 0 Å². The maximum Gasteiger partial charge on any atom is 0.178 e. The lowest BCUT2D eigenvalue weighted by molar-refractivity contribution is -0.110. The van der Waals surface area contributed by atoms with Crippen LogP contribution in [0.5, 0.6) is 0 Å². The first-order valence-corrected chi connectivity index (χ1v) is 5.80. The van der Waals surface area contributed by atoms with Crippen molar-refractivity contribution in [2.75, 3.05) is 0 Å². The van der Waals surface area contributed by atoms with E-state index in [0.29, 0.717) is 0 Å². The van der Waals surface area contributed by atoms with Gasteiger partial charge in [0.05, 0.1) is 0 Å². The molecule has 0 saturated heterocycles. The lowest BCUT2D eigenvalue weighted by Crippen LogP contribution is -1.85. The van der Waals surface area contributed by atoms with Crippen molar-refractivity contribution < 1.29 is 4.79 Å². The van der Waals surface area contributed by atoms with Crippen molar-refractivity contribution in [1.29, 1.82) is 0 Å². The molecule has 0 atom stereocenters. The molecule has 0 amide bonds. The highest BCUT2D eigenvalue weighted by molar-refractivity contribution is 6.02. The molecule has 2 rings (SSSR count). The molecule has 0 saturated carbocycles. The van der Waals surface area contributed by atoms with E-state index in [2.05, 4.69) is 18.7 Å². The number of benzene rings is 2. The monoisotopic (exact) mass is 234 g/mol. The minimum Gasteiger partial charge on any atom is -0.290 e. The van der Waals surface area contributed by atoms with Gasteiger partial charge in [0.15, 0.2) is 5.78 Å². The van der Waals surface area contributed by atoms with Crippen molar-refractivity contribution in [3.05, 3.63) is 78.9 Å². The fourth-order valence-corrected chi connectivity index (χ4v) is 1.76. The van der Waals surface area contributed by atoms with Crippen LogP contribution in [0.25, 0.3) is 17.2 Å². The predicted octanol–water partition coefficient (Wildman–Crippen LogP) is 4.12. The summed E-state index contributed by atoms with van der Waals surface area (Å²) in [6, 6.07) is 18.1. The van der Waals surface area contributed by atoms with Crippen LogP contribution in [0, 0.1) is 0 Å². The minimum absolute atomic E-state index is 0.0853. The summed E-state index contributed by atoms with van der Waals surface area (Å²) >= 11 is 0. The van der Waals surface area contributed by atoms with E-state index in [-0.39, 0.29) is 5.78 Å². The second kappa shape index (κ2) is 5.78. The van der Waals surface area contributed by atoms with Crippen molar-refractivity contribution in [3.63, 3.8) is 0 Å². The minimum atomic E-state index is -0.0853. The standard InChI is InChI=1S/C17H14O/c1-2-16(18)13-12-15-10-6-7-11-17(15)14-8-4-3-5-9-14/h2-13H,1H2. The van der Waals surface area contributed by atoms with Crippen LogP contribution in [-0.2, 0) is 4.79 Å². The molecule has 0 N–H and O–H groups in total. The first-order valence-electron chi connectivity index (χ1n) is 5.80. The molecule has 18 heavy (non-hydrogen) atoms. The van der Waals surface area contributed by atoms with Gasteiger partial charge >= 0.3 is 0 Å². The Bertz CT molecular complexity index is 580. The number of allylic oxidation sites excluding steroid dienone is 2. The fourth-order valence-electron chi connectivity index (χ4n) is 1.76. The molecule has 0 fully saturated rings. The molecule has 2 aromatic carbocycles. The van der Waals surface area contributed by atoms with Crippen LogP contribution in [-0.4, -0.2) is 5.78 Å². The summed E-state index contributed by atoms with van der Waals surface area (Å²) in [6.45, 7) is 3.45. The van der Waals surface area contributed by atoms with Crippen LogP contribution >= 0.6 is 0 Å². The van der Waals surface area contributed by atoms with E-state index in [4.69, 9.17) is 0 Å². The van der Waals surface area contributed by atoms with Crippen LogP contribution in [0.15, 0.2) is 73.3 Å². The van der Waals surface area contributed by atoms with Gasteiger partial charge in [-0.15, -0.1) is 0 Å². The first kappa shape index (κ1) is 12.1. The van der Waals surface area contributed by atoms with Crippen molar-refractivity contribution in [1.82, 2.24) is 0 Å². The van der Waals surface area contributed by atoms with Gasteiger partial charge in [-0.2, -0.15) is 0 Å². The van der Waals surface area contributed by atoms with E-state index in [1.807, 2.05) is 48.5 Å². The van der Waals surface area contributed by atoms with E-state index in [1.54, 1.807) is 0 Å². The third kappa shape index (κ3) is 2.83. The molecule has 0 aliphatic rings. The average molecular weight is 234 g/mol. The van der Waals surface area contributed by atoms with Crippen LogP contribution in [0.2, 0.25) is 0 Å². The third-order valence-electron chi connectivity index (χ3n) is 2.67. The van der Waals surface area contributed by atoms with Gasteiger partial charge in [0, 0.05) is 0 Å². The molecular formula is C17H14O. The maximum atomic E-state index is 11.2. The molecule has 0 bridgehead atoms. The molecule has 0 aliphatic heterocycles. The zero-order valence-corrected chi connectivity index (χ0v) is 10.0. The molecule has 1 nitrogen and oxygen atoms in total. The Morgan fingerprint density at radius 1 is 0.944 bits per heavy atom. The smallest absolute Gasteiger partial charge is 0.178 e. The van der Waals surface area contributed by atoms with Gasteiger partial charge in [-0.25, -0.2) is 0 Å². The van der Waals surface area contributed by atoms with Crippen LogP contribution in [0.1, 0.15) is 5.56 Å². The van der Waals surface area contributed by atoms with E-state index in [9.17, 15) is 4.79 Å². The second-order valence-electron chi connectivity index (χ2n) is 3.89. The second-order valence-corrected chi connectivity index (χ2v) is 3.89. The molecule has 0 radical (unpaired) electrons. The van der Waals surface area contributed by atoms with Crippen molar-refractivity contribution >= 4 is 11.9 Å². The number of carbonyl (C=O) groups is 1. The van der Waals surface area contributed by atoms with Gasteiger partial charge in [0.25, 0.3) is 0 Å². The normalized spacial score (nSPS) is 10.4. The number of hydrogen-bond donors (Lipinski definition) is 0. The molecule has 2 aromatic rings. The van der Waals surface area contributed by atoms with Crippen molar-refractivity contribution in [3.8, 4) is 11.1 Å². The Morgan fingerprint density at radius 2 is 1.61 bits per heavy atom. The number of carbonyl (C=O) groups excluding carboxylic acids is 1. The van der Waals surface area contributed by atoms with E-state index < -0.39 is 0 Å². The van der Waals surface area contributed by atoms with Gasteiger partial charge in [0.1, 0.15) is 0 Å². The highest BCUT2D eigenvalue weighted by atomic mass is 16.1. The largest absolute Gasteiger partial charge is 0.290 e. The highest BCUT2D eigenvalue weighted by Crippen LogP contribution is 2.24. The molecule has 0 aromatic heterocycles. The topological polar surface area (TPSA) is 17.1 Å². The van der Waals surface area contributed by atoms with E-state index >= 15 is 0 Å². The zero-order valence-electron chi connectivity index (χ0n) is 10.0. The zero-order chi connectivity index (χ0) is 12.8. The number of rotatable bonds is 4. The molecule has 88 valence electrons. The van der Waals surface area contributed by atoms with Gasteiger partial charge < -0.3 is 0 Å². The maximum absolute atomic E-state index is 11.2. The first-order chi connectivity index (χ1) is 8.81. The molecule has 0 unspecified atom stereocenters. The summed E-state index contributed by atoms with van der Waals surface area (Å²) < 4.78 is 0. The van der Waals surface area contributed by atoms with Gasteiger partial charge in [-0.3, -0.25) is 4.79 Å². The SMILES string of the molecule is C=CC(=O)C=Cc1ccccc1-c1ccccc1. The van der Waals surface area contributed by atoms with Gasteiger partial charge in [-0.05, 0) is 28.8 Å². The molecule has 1 heteroatoms. The fraction of sp³-hybridized carbons (Fsp3) is 0. The Hall–Kier alpha value is -2.41. The summed E-state index contributed by atoms with van der Waals surface area (Å²) in [5.41, 5.74) is 3.29. The average Bonchev–Trinajstić information content (AvgIpc) is 2.46. The highest BCUT2D eigenvalue weighted by Gasteiger charge is 2.01. The lowest BCUT2D eigenvalue weighted by atomic mass is 9.99. The Kier molecular flexibility index (Phi) is 3.87. The predicted molar refractivity (Wildman–Crippen MR) is 76.1 cm³/mol. The summed E-state index contributed by atoms with van der Waals surface area (Å²) in [6.07, 6.45) is 4.67. The Labute approximate surface area is 107 Å². The van der Waals surface area contributed by atoms with Crippen LogP contribution < -0.4 is 0 Å². The van der Waals surface area contributed by atoms with Crippen molar-refractivity contribution in [2.45, 2.75) is 0 Å². The molecule has 0 spiro atoms.